The van der Waals surface area contributed by atoms with E-state index < -0.39 is 0 Å². The zero-order valence-corrected chi connectivity index (χ0v) is 17.6. The van der Waals surface area contributed by atoms with Gasteiger partial charge in [-0.1, -0.05) is 41.5 Å². The van der Waals surface area contributed by atoms with E-state index in [0.29, 0.717) is 22.7 Å². The average Bonchev–Trinajstić information content (AvgIpc) is 3.07. The van der Waals surface area contributed by atoms with Crippen molar-refractivity contribution in [2.24, 2.45) is 4.99 Å². The molecule has 1 amide bonds. The number of aromatic nitrogens is 1. The fourth-order valence-corrected chi connectivity index (χ4v) is 4.36. The van der Waals surface area contributed by atoms with Gasteiger partial charge >= 0.3 is 0 Å². The van der Waals surface area contributed by atoms with Crippen molar-refractivity contribution in [1.82, 2.24) is 4.57 Å². The number of aryl methyl sites for hydroxylation is 2. The Bertz CT molecular complexity index is 1320. The predicted octanol–water partition coefficient (Wildman–Crippen LogP) is 5.49. The van der Waals surface area contributed by atoms with Crippen LogP contribution in [0.15, 0.2) is 71.7 Å². The second kappa shape index (κ2) is 8.40. The summed E-state index contributed by atoms with van der Waals surface area (Å²) >= 11 is 1.48. The number of carbonyl (C=O) groups excluding carboxylic acids is 1. The number of amides is 1. The topological polar surface area (TPSA) is 43.6 Å². The summed E-state index contributed by atoms with van der Waals surface area (Å²) in [6, 6.07) is 20.7. The van der Waals surface area contributed by atoms with Crippen LogP contribution in [-0.2, 0) is 6.54 Å². The minimum absolute atomic E-state index is 0.312. The van der Waals surface area contributed by atoms with Crippen molar-refractivity contribution >= 4 is 27.5 Å². The van der Waals surface area contributed by atoms with E-state index in [-0.39, 0.29) is 5.91 Å². The maximum atomic E-state index is 12.8. The van der Waals surface area contributed by atoms with Crippen molar-refractivity contribution in [3.63, 3.8) is 0 Å². The summed E-state index contributed by atoms with van der Waals surface area (Å²) < 4.78 is 8.79. The lowest BCUT2D eigenvalue weighted by molar-refractivity contribution is 0.0998. The summed E-state index contributed by atoms with van der Waals surface area (Å²) in [7, 11) is 0. The van der Waals surface area contributed by atoms with Crippen LogP contribution in [0.4, 0.5) is 0 Å². The van der Waals surface area contributed by atoms with Gasteiger partial charge in [0.05, 0.1) is 16.8 Å². The van der Waals surface area contributed by atoms with Gasteiger partial charge < -0.3 is 9.30 Å². The lowest BCUT2D eigenvalue weighted by atomic mass is 10.1. The summed E-state index contributed by atoms with van der Waals surface area (Å²) in [4.78, 5) is 17.8. The quantitative estimate of drug-likeness (QED) is 0.416. The van der Waals surface area contributed by atoms with Gasteiger partial charge in [-0.3, -0.25) is 4.79 Å². The molecule has 0 spiro atoms. The highest BCUT2D eigenvalue weighted by atomic mass is 32.1. The van der Waals surface area contributed by atoms with Gasteiger partial charge in [-0.2, -0.15) is 4.99 Å². The minimum Gasteiger partial charge on any atom is -0.457 e. The number of nitrogens with zero attached hydrogens (tertiary/aromatic N) is 2. The van der Waals surface area contributed by atoms with Crippen molar-refractivity contribution in [1.29, 1.82) is 0 Å². The van der Waals surface area contributed by atoms with Crippen molar-refractivity contribution in [2.75, 3.05) is 0 Å². The first-order valence-corrected chi connectivity index (χ1v) is 10.3. The SMILES string of the molecule is C#CCn1c(=NC(=O)c2ccc(Oc3ccccc3)cc2)sc2c(C)cc(C)cc21. The molecule has 3 aromatic carbocycles. The lowest BCUT2D eigenvalue weighted by Gasteiger charge is -2.05. The van der Waals surface area contributed by atoms with E-state index in [1.54, 1.807) is 24.3 Å². The van der Waals surface area contributed by atoms with Crippen LogP contribution < -0.4 is 9.54 Å². The molecule has 0 fully saturated rings. The highest BCUT2D eigenvalue weighted by molar-refractivity contribution is 7.16. The maximum Gasteiger partial charge on any atom is 0.279 e. The average molecular weight is 413 g/mol. The molecule has 0 saturated heterocycles. The Labute approximate surface area is 179 Å². The van der Waals surface area contributed by atoms with Crippen molar-refractivity contribution in [3.05, 3.63) is 88.2 Å². The summed E-state index contributed by atoms with van der Waals surface area (Å²) in [5, 5.41) is 0. The van der Waals surface area contributed by atoms with Gasteiger partial charge in [-0.05, 0) is 67.4 Å². The molecule has 4 nitrogen and oxygen atoms in total. The fourth-order valence-electron chi connectivity index (χ4n) is 3.28. The molecular formula is C25H20N2O2S. The number of para-hydroxylation sites is 1. The molecule has 0 unspecified atom stereocenters. The Morgan fingerprint density at radius 1 is 1.07 bits per heavy atom. The largest absolute Gasteiger partial charge is 0.457 e. The number of ether oxygens (including phenoxy) is 1. The molecule has 0 aliphatic rings. The van der Waals surface area contributed by atoms with Gasteiger partial charge in [0.25, 0.3) is 5.91 Å². The van der Waals surface area contributed by atoms with Gasteiger partial charge in [0.2, 0.25) is 0 Å². The Balaban J connectivity index is 1.67. The normalized spacial score (nSPS) is 11.4. The van der Waals surface area contributed by atoms with Gasteiger partial charge in [-0.25, -0.2) is 0 Å². The zero-order chi connectivity index (χ0) is 21.1. The van der Waals surface area contributed by atoms with Crippen molar-refractivity contribution < 1.29 is 9.53 Å². The molecule has 4 aromatic rings. The van der Waals surface area contributed by atoms with E-state index in [2.05, 4.69) is 30.0 Å². The first-order chi connectivity index (χ1) is 14.5. The Hall–Kier alpha value is -3.62. The van der Waals surface area contributed by atoms with Crippen LogP contribution >= 0.6 is 11.3 Å². The Kier molecular flexibility index (Phi) is 5.51. The predicted molar refractivity (Wildman–Crippen MR) is 121 cm³/mol. The van der Waals surface area contributed by atoms with Gasteiger partial charge in [-0.15, -0.1) is 6.42 Å². The monoisotopic (exact) mass is 412 g/mol. The van der Waals surface area contributed by atoms with E-state index in [0.717, 1.165) is 27.1 Å². The van der Waals surface area contributed by atoms with Gasteiger partial charge in [0, 0.05) is 5.56 Å². The van der Waals surface area contributed by atoms with E-state index >= 15 is 0 Å². The van der Waals surface area contributed by atoms with E-state index in [1.165, 1.54) is 11.3 Å². The second-order valence-electron chi connectivity index (χ2n) is 6.96. The van der Waals surface area contributed by atoms with Crippen LogP contribution in [0.3, 0.4) is 0 Å². The highest BCUT2D eigenvalue weighted by Crippen LogP contribution is 2.24. The number of benzene rings is 3. The number of hydrogen-bond donors (Lipinski definition) is 0. The molecule has 1 heterocycles. The third kappa shape index (κ3) is 4.05. The number of fused-ring (bicyclic) bond motifs is 1. The maximum absolute atomic E-state index is 12.8. The molecule has 4 rings (SSSR count). The second-order valence-corrected chi connectivity index (χ2v) is 7.94. The van der Waals surface area contributed by atoms with Crippen molar-refractivity contribution in [2.45, 2.75) is 20.4 Å². The molecule has 1 aromatic heterocycles. The van der Waals surface area contributed by atoms with Gasteiger partial charge in [0.15, 0.2) is 4.80 Å². The smallest absolute Gasteiger partial charge is 0.279 e. The van der Waals surface area contributed by atoms with Crippen LogP contribution in [0.1, 0.15) is 21.5 Å². The molecule has 0 aliphatic carbocycles. The Morgan fingerprint density at radius 2 is 1.77 bits per heavy atom. The molecule has 0 atom stereocenters. The summed E-state index contributed by atoms with van der Waals surface area (Å²) in [6.45, 7) is 4.47. The minimum atomic E-state index is -0.312. The zero-order valence-electron chi connectivity index (χ0n) is 16.8. The van der Waals surface area contributed by atoms with Gasteiger partial charge in [0.1, 0.15) is 11.5 Å². The number of rotatable bonds is 4. The number of thiazole rings is 1. The third-order valence-corrected chi connectivity index (χ3v) is 5.87. The molecule has 30 heavy (non-hydrogen) atoms. The first-order valence-electron chi connectivity index (χ1n) is 9.51. The molecule has 0 bridgehead atoms. The molecule has 0 saturated carbocycles. The first kappa shape index (κ1) is 19.7. The molecular weight excluding hydrogens is 392 g/mol. The van der Waals surface area contributed by atoms with Crippen LogP contribution in [0.25, 0.3) is 10.2 Å². The summed E-state index contributed by atoms with van der Waals surface area (Å²) in [5.74, 6) is 3.76. The van der Waals surface area contributed by atoms with E-state index in [4.69, 9.17) is 11.2 Å². The number of terminal acetylenes is 1. The summed E-state index contributed by atoms with van der Waals surface area (Å²) in [6.07, 6.45) is 5.57. The standard InChI is InChI=1S/C25H20N2O2S/c1-4-14-27-22-16-17(2)15-18(3)23(22)30-25(27)26-24(28)19-10-12-21(13-11-19)29-20-8-6-5-7-9-20/h1,5-13,15-16H,14H2,2-3H3. The fraction of sp³-hybridized carbons (Fsp3) is 0.120. The third-order valence-electron chi connectivity index (χ3n) is 4.64. The molecule has 148 valence electrons. The van der Waals surface area contributed by atoms with Crippen molar-refractivity contribution in [3.8, 4) is 23.8 Å². The molecule has 0 N–H and O–H groups in total. The lowest BCUT2D eigenvalue weighted by Crippen LogP contribution is -2.16. The van der Waals surface area contributed by atoms with E-state index in [9.17, 15) is 4.79 Å². The number of hydrogen-bond acceptors (Lipinski definition) is 3. The van der Waals surface area contributed by atoms with Crippen LogP contribution in [0.5, 0.6) is 11.5 Å². The van der Waals surface area contributed by atoms with Crippen LogP contribution in [0, 0.1) is 26.2 Å². The molecule has 5 heteroatoms. The molecule has 0 aliphatic heterocycles. The van der Waals surface area contributed by atoms with Crippen LogP contribution in [-0.4, -0.2) is 10.5 Å². The number of carbonyl (C=O) groups is 1. The Morgan fingerprint density at radius 3 is 2.47 bits per heavy atom. The highest BCUT2D eigenvalue weighted by Gasteiger charge is 2.11. The van der Waals surface area contributed by atoms with Crippen LogP contribution in [0.2, 0.25) is 0 Å². The van der Waals surface area contributed by atoms with E-state index in [1.807, 2.05) is 41.8 Å². The molecule has 0 radical (unpaired) electrons. The summed E-state index contributed by atoms with van der Waals surface area (Å²) in [5.41, 5.74) is 3.80.